The Labute approximate surface area is 305 Å². The van der Waals surface area contributed by atoms with Crippen molar-refractivity contribution in [2.45, 2.75) is 64.6 Å². The Balaban J connectivity index is 0.874. The van der Waals surface area contributed by atoms with Crippen LogP contribution in [-0.2, 0) is 27.4 Å². The number of hydrogen-bond donors (Lipinski definition) is 5. The highest BCUT2D eigenvalue weighted by molar-refractivity contribution is 6.05. The van der Waals surface area contributed by atoms with Gasteiger partial charge in [0.15, 0.2) is 0 Å². The van der Waals surface area contributed by atoms with Gasteiger partial charge >= 0.3 is 6.03 Å². The predicted octanol–water partition coefficient (Wildman–Crippen LogP) is 7.04. The van der Waals surface area contributed by atoms with Crippen LogP contribution in [0.4, 0.5) is 21.9 Å². The molecule has 52 heavy (non-hydrogen) atoms. The van der Waals surface area contributed by atoms with Crippen LogP contribution in [0.1, 0.15) is 72.7 Å². The SMILES string of the molecule is CC1(C)OCc2cc([C@@H](O)CNCCCCCOCCCOCc3cccc(NC(=O)Nc4cccc(NC(=O)c5cccnc5)c4)c3)ccc2O1. The second-order valence-corrected chi connectivity index (χ2v) is 13.0. The summed E-state index contributed by atoms with van der Waals surface area (Å²) in [6, 6.07) is 23.1. The third kappa shape index (κ3) is 12.7. The lowest BCUT2D eigenvalue weighted by atomic mass is 10.0. The summed E-state index contributed by atoms with van der Waals surface area (Å²) in [5, 5.41) is 22.4. The lowest BCUT2D eigenvalue weighted by Gasteiger charge is -2.33. The second kappa shape index (κ2) is 19.7. The molecule has 0 aliphatic carbocycles. The highest BCUT2D eigenvalue weighted by Gasteiger charge is 2.27. The van der Waals surface area contributed by atoms with E-state index in [1.54, 1.807) is 42.6 Å². The summed E-state index contributed by atoms with van der Waals surface area (Å²) in [5.41, 5.74) is 4.91. The number of rotatable bonds is 19. The van der Waals surface area contributed by atoms with E-state index in [1.807, 2.05) is 56.3 Å². The molecule has 2 heterocycles. The first kappa shape index (κ1) is 38.4. The minimum Gasteiger partial charge on any atom is -0.463 e. The molecule has 4 aromatic rings. The number of carbonyl (C=O) groups is 2. The molecule has 0 radical (unpaired) electrons. The zero-order valence-corrected chi connectivity index (χ0v) is 29.9. The number of ether oxygens (including phenoxy) is 4. The number of urea groups is 1. The molecular formula is C40H49N5O7. The number of pyridine rings is 1. The average Bonchev–Trinajstić information content (AvgIpc) is 3.13. The van der Waals surface area contributed by atoms with Crippen LogP contribution in [-0.4, -0.2) is 60.7 Å². The van der Waals surface area contributed by atoms with Gasteiger partial charge in [-0.15, -0.1) is 0 Å². The van der Waals surface area contributed by atoms with Crippen molar-refractivity contribution in [3.05, 3.63) is 114 Å². The van der Waals surface area contributed by atoms with Crippen molar-refractivity contribution in [1.82, 2.24) is 10.3 Å². The van der Waals surface area contributed by atoms with E-state index in [1.165, 1.54) is 6.20 Å². The van der Waals surface area contributed by atoms with Gasteiger partial charge in [0.25, 0.3) is 5.91 Å². The minimum absolute atomic E-state index is 0.286. The highest BCUT2D eigenvalue weighted by Crippen LogP contribution is 2.33. The zero-order chi connectivity index (χ0) is 36.6. The molecule has 276 valence electrons. The third-order valence-electron chi connectivity index (χ3n) is 8.21. The Kier molecular flexibility index (Phi) is 14.5. The van der Waals surface area contributed by atoms with E-state index in [0.29, 0.717) is 62.2 Å². The molecule has 12 heteroatoms. The second-order valence-electron chi connectivity index (χ2n) is 13.0. The number of amides is 3. The summed E-state index contributed by atoms with van der Waals surface area (Å²) < 4.78 is 23.1. The van der Waals surface area contributed by atoms with Gasteiger partial charge in [-0.2, -0.15) is 0 Å². The number of anilines is 3. The van der Waals surface area contributed by atoms with Crippen LogP contribution in [0, 0.1) is 0 Å². The number of unbranched alkanes of at least 4 members (excludes halogenated alkanes) is 2. The number of benzene rings is 3. The molecule has 0 unspecified atom stereocenters. The molecule has 1 atom stereocenters. The molecule has 3 aromatic carbocycles. The van der Waals surface area contributed by atoms with Gasteiger partial charge in [-0.1, -0.05) is 24.3 Å². The molecule has 0 saturated carbocycles. The van der Waals surface area contributed by atoms with Crippen LogP contribution >= 0.6 is 0 Å². The molecule has 1 aliphatic heterocycles. The maximum atomic E-state index is 12.7. The van der Waals surface area contributed by atoms with Crippen LogP contribution in [0.2, 0.25) is 0 Å². The molecule has 0 spiro atoms. The first-order chi connectivity index (χ1) is 25.2. The van der Waals surface area contributed by atoms with Gasteiger partial charge < -0.3 is 45.3 Å². The van der Waals surface area contributed by atoms with Crippen LogP contribution in [0.5, 0.6) is 5.75 Å². The van der Waals surface area contributed by atoms with Crippen molar-refractivity contribution < 1.29 is 33.6 Å². The molecule has 5 N–H and O–H groups in total. The monoisotopic (exact) mass is 711 g/mol. The molecular weight excluding hydrogens is 662 g/mol. The smallest absolute Gasteiger partial charge is 0.323 e. The van der Waals surface area contributed by atoms with E-state index >= 15 is 0 Å². The van der Waals surface area contributed by atoms with E-state index in [-0.39, 0.29) is 5.91 Å². The fourth-order valence-corrected chi connectivity index (χ4v) is 5.51. The minimum atomic E-state index is -0.630. The maximum Gasteiger partial charge on any atom is 0.323 e. The molecule has 0 bridgehead atoms. The van der Waals surface area contributed by atoms with Gasteiger partial charge in [-0.05, 0) is 98.0 Å². The van der Waals surface area contributed by atoms with Crippen LogP contribution in [0.3, 0.4) is 0 Å². The molecule has 1 aromatic heterocycles. The Morgan fingerprint density at radius 1 is 0.846 bits per heavy atom. The van der Waals surface area contributed by atoms with E-state index in [0.717, 1.165) is 54.7 Å². The summed E-state index contributed by atoms with van der Waals surface area (Å²) in [6.07, 6.45) is 6.33. The van der Waals surface area contributed by atoms with Gasteiger partial charge in [0.2, 0.25) is 5.79 Å². The lowest BCUT2D eigenvalue weighted by molar-refractivity contribution is -0.180. The molecule has 0 saturated heterocycles. The van der Waals surface area contributed by atoms with Gasteiger partial charge in [-0.25, -0.2) is 4.79 Å². The number of carbonyl (C=O) groups excluding carboxylic acids is 2. The van der Waals surface area contributed by atoms with Crippen molar-refractivity contribution in [2.24, 2.45) is 0 Å². The van der Waals surface area contributed by atoms with Crippen molar-refractivity contribution in [3.63, 3.8) is 0 Å². The summed E-state index contributed by atoms with van der Waals surface area (Å²) in [5.74, 6) is -0.109. The standard InChI is InChI=1S/C40H49N5O7/c1-40(2)51-28-32-23-30(15-16-37(32)52-40)36(46)26-42-17-4-3-5-19-49-20-9-21-50-27-29-10-6-12-33(22-29)44-39(48)45-35-14-7-13-34(24-35)43-38(47)31-11-8-18-41-25-31/h6-8,10-16,18,22-25,36,42,46H,3-5,9,17,19-21,26-28H2,1-2H3,(H,43,47)(H2,44,45,48)/t36-/m0/s1. The van der Waals surface area contributed by atoms with Crippen molar-refractivity contribution in [3.8, 4) is 5.75 Å². The summed E-state index contributed by atoms with van der Waals surface area (Å²) in [7, 11) is 0. The quantitative estimate of drug-likeness (QED) is 0.0645. The van der Waals surface area contributed by atoms with Crippen LogP contribution in [0.15, 0.2) is 91.3 Å². The first-order valence-corrected chi connectivity index (χ1v) is 17.7. The summed E-state index contributed by atoms with van der Waals surface area (Å²) in [4.78, 5) is 29.1. The Morgan fingerprint density at radius 2 is 1.60 bits per heavy atom. The van der Waals surface area contributed by atoms with Gasteiger partial charge in [0.05, 0.1) is 24.9 Å². The predicted molar refractivity (Wildman–Crippen MR) is 200 cm³/mol. The molecule has 3 amide bonds. The fraction of sp³-hybridized carbons (Fsp3) is 0.375. The lowest BCUT2D eigenvalue weighted by Crippen LogP contribution is -2.35. The number of aliphatic hydroxyl groups excluding tert-OH is 1. The van der Waals surface area contributed by atoms with E-state index in [9.17, 15) is 14.7 Å². The van der Waals surface area contributed by atoms with E-state index in [4.69, 9.17) is 18.9 Å². The number of nitrogens with zero attached hydrogens (tertiary/aromatic N) is 1. The molecule has 12 nitrogen and oxygen atoms in total. The topological polar surface area (TPSA) is 152 Å². The van der Waals surface area contributed by atoms with E-state index < -0.39 is 17.9 Å². The number of fused-ring (bicyclic) bond motifs is 1. The van der Waals surface area contributed by atoms with Crippen molar-refractivity contribution in [2.75, 3.05) is 48.9 Å². The normalized spacial score (nSPS) is 13.8. The van der Waals surface area contributed by atoms with Gasteiger partial charge in [-0.3, -0.25) is 9.78 Å². The van der Waals surface area contributed by atoms with Crippen LogP contribution in [0.25, 0.3) is 0 Å². The Hall–Kier alpha value is -4.85. The molecule has 0 fully saturated rings. The summed E-state index contributed by atoms with van der Waals surface area (Å²) in [6.45, 7) is 7.91. The average molecular weight is 712 g/mol. The number of nitrogens with one attached hydrogen (secondary N) is 4. The van der Waals surface area contributed by atoms with Gasteiger partial charge in [0.1, 0.15) is 5.75 Å². The Bertz CT molecular complexity index is 1740. The number of aliphatic hydroxyl groups is 1. The van der Waals surface area contributed by atoms with Gasteiger partial charge in [0, 0.05) is 75.2 Å². The van der Waals surface area contributed by atoms with Crippen LogP contribution < -0.4 is 26.0 Å². The van der Waals surface area contributed by atoms with Crippen molar-refractivity contribution >= 4 is 29.0 Å². The third-order valence-corrected chi connectivity index (χ3v) is 8.21. The number of aromatic nitrogens is 1. The highest BCUT2D eigenvalue weighted by atomic mass is 16.7. The van der Waals surface area contributed by atoms with E-state index in [2.05, 4.69) is 26.3 Å². The zero-order valence-electron chi connectivity index (χ0n) is 29.9. The molecule has 1 aliphatic rings. The molecule has 5 rings (SSSR count). The largest absolute Gasteiger partial charge is 0.463 e. The summed E-state index contributed by atoms with van der Waals surface area (Å²) >= 11 is 0. The number of hydrogen-bond acceptors (Lipinski definition) is 9. The van der Waals surface area contributed by atoms with Crippen molar-refractivity contribution in [1.29, 1.82) is 0 Å². The fourth-order valence-electron chi connectivity index (χ4n) is 5.51. The Morgan fingerprint density at radius 3 is 2.40 bits per heavy atom. The first-order valence-electron chi connectivity index (χ1n) is 17.7. The maximum absolute atomic E-state index is 12.7.